The fourth-order valence-electron chi connectivity index (χ4n) is 2.33. The van der Waals surface area contributed by atoms with E-state index in [4.69, 9.17) is 9.47 Å². The molecule has 128 valence electrons. The average molecular weight is 327 g/mol. The lowest BCUT2D eigenvalue weighted by atomic mass is 10.1. The summed E-state index contributed by atoms with van der Waals surface area (Å²) in [6, 6.07) is 10.4. The van der Waals surface area contributed by atoms with Crippen LogP contribution in [0.4, 0.5) is 0 Å². The Morgan fingerprint density at radius 1 is 0.875 bits per heavy atom. The van der Waals surface area contributed by atoms with Crippen molar-refractivity contribution >= 4 is 5.97 Å². The van der Waals surface area contributed by atoms with E-state index in [1.165, 1.54) is 32.1 Å². The van der Waals surface area contributed by atoms with Gasteiger partial charge in [0.15, 0.2) is 0 Å². The predicted molar refractivity (Wildman–Crippen MR) is 94.5 cm³/mol. The molecule has 0 aliphatic heterocycles. The zero-order valence-electron chi connectivity index (χ0n) is 14.2. The van der Waals surface area contributed by atoms with E-state index in [1.54, 1.807) is 36.7 Å². The second kappa shape index (κ2) is 10.4. The molecular weight excluding hydrogens is 302 g/mol. The Kier molecular flexibility index (Phi) is 7.81. The fraction of sp³-hybridized carbons (Fsp3) is 0.400. The van der Waals surface area contributed by atoms with Gasteiger partial charge in [0.05, 0.1) is 12.2 Å². The number of esters is 1. The molecule has 0 atom stereocenters. The highest BCUT2D eigenvalue weighted by molar-refractivity contribution is 5.90. The van der Waals surface area contributed by atoms with E-state index in [9.17, 15) is 4.79 Å². The van der Waals surface area contributed by atoms with Crippen molar-refractivity contribution < 1.29 is 14.3 Å². The van der Waals surface area contributed by atoms with E-state index in [0.29, 0.717) is 11.3 Å². The lowest BCUT2D eigenvalue weighted by Crippen LogP contribution is -2.08. The van der Waals surface area contributed by atoms with E-state index in [1.807, 2.05) is 12.1 Å². The van der Waals surface area contributed by atoms with Crippen molar-refractivity contribution in [3.8, 4) is 11.5 Å². The number of carbonyl (C=O) groups is 1. The fourth-order valence-corrected chi connectivity index (χ4v) is 2.33. The first-order valence-electron chi connectivity index (χ1n) is 8.64. The van der Waals surface area contributed by atoms with Gasteiger partial charge < -0.3 is 9.47 Å². The summed E-state index contributed by atoms with van der Waals surface area (Å²) in [7, 11) is 0. The number of nitrogens with zero attached hydrogens (tertiary/aromatic N) is 1. The molecule has 0 fully saturated rings. The van der Waals surface area contributed by atoms with Crippen LogP contribution in [0.3, 0.4) is 0 Å². The van der Waals surface area contributed by atoms with Crippen LogP contribution in [0.25, 0.3) is 0 Å². The molecule has 0 N–H and O–H groups in total. The van der Waals surface area contributed by atoms with Crippen molar-refractivity contribution in [1.29, 1.82) is 0 Å². The molecule has 0 unspecified atom stereocenters. The second-order valence-corrected chi connectivity index (χ2v) is 5.71. The normalized spacial score (nSPS) is 10.4. The molecule has 2 aromatic rings. The van der Waals surface area contributed by atoms with Crippen molar-refractivity contribution in [3.63, 3.8) is 0 Å². The Hall–Kier alpha value is -2.36. The lowest BCUT2D eigenvalue weighted by Gasteiger charge is -2.08. The molecule has 1 aromatic carbocycles. The molecule has 0 spiro atoms. The Morgan fingerprint density at radius 3 is 2.21 bits per heavy atom. The quantitative estimate of drug-likeness (QED) is 0.348. The van der Waals surface area contributed by atoms with Crippen LogP contribution < -0.4 is 9.47 Å². The largest absolute Gasteiger partial charge is 0.494 e. The minimum absolute atomic E-state index is 0.391. The van der Waals surface area contributed by atoms with Gasteiger partial charge in [-0.3, -0.25) is 4.98 Å². The number of hydrogen-bond donors (Lipinski definition) is 0. The lowest BCUT2D eigenvalue weighted by molar-refractivity contribution is 0.0734. The molecule has 24 heavy (non-hydrogen) atoms. The van der Waals surface area contributed by atoms with Gasteiger partial charge in [-0.25, -0.2) is 4.79 Å². The first-order valence-corrected chi connectivity index (χ1v) is 8.64. The van der Waals surface area contributed by atoms with Crippen LogP contribution in [-0.2, 0) is 0 Å². The number of carbonyl (C=O) groups excluding carboxylic acids is 1. The third-order valence-electron chi connectivity index (χ3n) is 3.72. The summed E-state index contributed by atoms with van der Waals surface area (Å²) < 4.78 is 11.0. The molecule has 1 heterocycles. The van der Waals surface area contributed by atoms with Crippen LogP contribution >= 0.6 is 0 Å². The number of unbranched alkanes of at least 4 members (excludes halogenated alkanes) is 5. The van der Waals surface area contributed by atoms with Gasteiger partial charge in [0.2, 0.25) is 0 Å². The number of rotatable bonds is 10. The van der Waals surface area contributed by atoms with Crippen LogP contribution in [0.2, 0.25) is 0 Å². The molecule has 4 nitrogen and oxygen atoms in total. The summed E-state index contributed by atoms with van der Waals surface area (Å²) in [6.45, 7) is 2.95. The van der Waals surface area contributed by atoms with Crippen molar-refractivity contribution in [2.24, 2.45) is 0 Å². The second-order valence-electron chi connectivity index (χ2n) is 5.71. The van der Waals surface area contributed by atoms with Crippen molar-refractivity contribution in [2.75, 3.05) is 6.61 Å². The Morgan fingerprint density at radius 2 is 1.50 bits per heavy atom. The van der Waals surface area contributed by atoms with E-state index in [-0.39, 0.29) is 0 Å². The van der Waals surface area contributed by atoms with Crippen LogP contribution in [-0.4, -0.2) is 17.6 Å². The van der Waals surface area contributed by atoms with E-state index in [0.717, 1.165) is 18.8 Å². The van der Waals surface area contributed by atoms with Crippen molar-refractivity contribution in [3.05, 3.63) is 54.4 Å². The van der Waals surface area contributed by atoms with Crippen molar-refractivity contribution in [2.45, 2.75) is 45.4 Å². The summed E-state index contributed by atoms with van der Waals surface area (Å²) in [5.41, 5.74) is 0.480. The number of ether oxygens (including phenoxy) is 2. The molecule has 2 rings (SSSR count). The molecule has 4 heteroatoms. The highest BCUT2D eigenvalue weighted by Crippen LogP contribution is 2.19. The van der Waals surface area contributed by atoms with Gasteiger partial charge in [-0.2, -0.15) is 0 Å². The zero-order valence-corrected chi connectivity index (χ0v) is 14.2. The smallest absolute Gasteiger partial charge is 0.343 e. The first kappa shape index (κ1) is 18.0. The predicted octanol–water partition coefficient (Wildman–Crippen LogP) is 5.04. The van der Waals surface area contributed by atoms with Gasteiger partial charge >= 0.3 is 5.97 Å². The highest BCUT2D eigenvalue weighted by Gasteiger charge is 2.07. The molecule has 1 aromatic heterocycles. The summed E-state index contributed by atoms with van der Waals surface area (Å²) in [6.07, 6.45) is 10.6. The van der Waals surface area contributed by atoms with Gasteiger partial charge in [0, 0.05) is 12.4 Å². The maximum absolute atomic E-state index is 11.9. The molecule has 0 aliphatic rings. The number of aromatic nitrogens is 1. The van der Waals surface area contributed by atoms with E-state index in [2.05, 4.69) is 11.9 Å². The summed E-state index contributed by atoms with van der Waals surface area (Å²) in [5, 5.41) is 0. The molecule has 0 saturated carbocycles. The standard InChI is InChI=1S/C20H25NO3/c1-2-3-4-5-6-7-16-23-18-8-10-19(11-9-18)24-20(22)17-12-14-21-15-13-17/h8-15H,2-7,16H2,1H3. The van der Waals surface area contributed by atoms with Gasteiger partial charge in [0.25, 0.3) is 0 Å². The molecule has 0 radical (unpaired) electrons. The topological polar surface area (TPSA) is 48.4 Å². The van der Waals surface area contributed by atoms with Crippen molar-refractivity contribution in [1.82, 2.24) is 4.98 Å². The summed E-state index contributed by atoms with van der Waals surface area (Å²) in [4.78, 5) is 15.8. The molecule has 0 amide bonds. The number of hydrogen-bond acceptors (Lipinski definition) is 4. The summed E-state index contributed by atoms with van der Waals surface area (Å²) >= 11 is 0. The first-order chi connectivity index (χ1) is 11.8. The Labute approximate surface area is 143 Å². The minimum Gasteiger partial charge on any atom is -0.494 e. The van der Waals surface area contributed by atoms with E-state index >= 15 is 0 Å². The van der Waals surface area contributed by atoms with Gasteiger partial charge in [-0.05, 0) is 42.8 Å². The highest BCUT2D eigenvalue weighted by atomic mass is 16.5. The zero-order chi connectivity index (χ0) is 17.0. The molecule has 0 saturated heterocycles. The number of benzene rings is 1. The SMILES string of the molecule is CCCCCCCCOc1ccc(OC(=O)c2ccncc2)cc1. The Balaban J connectivity index is 1.70. The maximum atomic E-state index is 11.9. The van der Waals surface area contributed by atoms with Gasteiger partial charge in [-0.1, -0.05) is 39.0 Å². The van der Waals surface area contributed by atoms with Crippen LogP contribution in [0, 0.1) is 0 Å². The third-order valence-corrected chi connectivity index (χ3v) is 3.72. The van der Waals surface area contributed by atoms with Crippen LogP contribution in [0.5, 0.6) is 11.5 Å². The third kappa shape index (κ3) is 6.41. The molecular formula is C20H25NO3. The molecule has 0 bridgehead atoms. The van der Waals surface area contributed by atoms with Crippen LogP contribution in [0.1, 0.15) is 55.8 Å². The van der Waals surface area contributed by atoms with E-state index < -0.39 is 5.97 Å². The van der Waals surface area contributed by atoms with Gasteiger partial charge in [0.1, 0.15) is 11.5 Å². The number of pyridine rings is 1. The average Bonchev–Trinajstić information content (AvgIpc) is 2.63. The molecule has 0 aliphatic carbocycles. The minimum atomic E-state index is -0.391. The van der Waals surface area contributed by atoms with Gasteiger partial charge in [-0.15, -0.1) is 0 Å². The maximum Gasteiger partial charge on any atom is 0.343 e. The Bertz CT molecular complexity index is 596. The van der Waals surface area contributed by atoms with Crippen LogP contribution in [0.15, 0.2) is 48.8 Å². The summed E-state index contributed by atoms with van der Waals surface area (Å²) in [5.74, 6) is 0.911. The monoisotopic (exact) mass is 327 g/mol.